The van der Waals surface area contributed by atoms with Gasteiger partial charge in [0.2, 0.25) is 5.82 Å². The molecule has 0 amide bonds. The van der Waals surface area contributed by atoms with E-state index in [0.717, 1.165) is 27.7 Å². The number of nitrogens with two attached hydrogens (primary N) is 1. The molecule has 3 aromatic rings. The molecule has 8 heteroatoms. The second kappa shape index (κ2) is 5.30. The van der Waals surface area contributed by atoms with Crippen LogP contribution >= 0.6 is 11.3 Å². The lowest BCUT2D eigenvalue weighted by molar-refractivity contribution is 0.433. The first-order valence-corrected chi connectivity index (χ1v) is 6.86. The van der Waals surface area contributed by atoms with Crippen molar-refractivity contribution in [2.75, 3.05) is 0 Å². The van der Waals surface area contributed by atoms with Crippen molar-refractivity contribution in [3.8, 4) is 22.2 Å². The zero-order valence-electron chi connectivity index (χ0n) is 10.9. The standard InChI is InChI=1S/C13H10F2N4OS/c1-6-11(21-10(5-16)17-6)13-18-12(19-20-13)7-2-3-8(14)9(15)4-7/h2-4H,5,16H2,1H3. The van der Waals surface area contributed by atoms with E-state index in [1.165, 1.54) is 17.4 Å². The second-order valence-corrected chi connectivity index (χ2v) is 5.36. The Morgan fingerprint density at radius 2 is 2.05 bits per heavy atom. The Morgan fingerprint density at radius 3 is 2.71 bits per heavy atom. The smallest absolute Gasteiger partial charge is 0.270 e. The van der Waals surface area contributed by atoms with E-state index in [2.05, 4.69) is 15.1 Å². The van der Waals surface area contributed by atoms with E-state index in [1.54, 1.807) is 0 Å². The van der Waals surface area contributed by atoms with Crippen LogP contribution in [0.25, 0.3) is 22.2 Å². The monoisotopic (exact) mass is 308 g/mol. The van der Waals surface area contributed by atoms with Gasteiger partial charge in [-0.15, -0.1) is 11.3 Å². The third kappa shape index (κ3) is 2.55. The van der Waals surface area contributed by atoms with E-state index in [1.807, 2.05) is 6.92 Å². The minimum absolute atomic E-state index is 0.186. The van der Waals surface area contributed by atoms with Crippen LogP contribution in [-0.4, -0.2) is 15.1 Å². The van der Waals surface area contributed by atoms with E-state index < -0.39 is 11.6 Å². The van der Waals surface area contributed by atoms with Crippen molar-refractivity contribution in [1.29, 1.82) is 0 Å². The maximum atomic E-state index is 13.2. The Labute approximate surface area is 122 Å². The lowest BCUT2D eigenvalue weighted by atomic mass is 10.2. The van der Waals surface area contributed by atoms with Gasteiger partial charge in [0, 0.05) is 12.1 Å². The van der Waals surface area contributed by atoms with Crippen LogP contribution in [0.2, 0.25) is 0 Å². The van der Waals surface area contributed by atoms with Gasteiger partial charge in [-0.05, 0) is 25.1 Å². The molecule has 0 bridgehead atoms. The zero-order chi connectivity index (χ0) is 15.0. The number of aromatic nitrogens is 3. The highest BCUT2D eigenvalue weighted by molar-refractivity contribution is 7.15. The minimum atomic E-state index is -0.960. The normalized spacial score (nSPS) is 11.0. The number of aryl methyl sites for hydroxylation is 1. The van der Waals surface area contributed by atoms with Gasteiger partial charge in [-0.25, -0.2) is 13.8 Å². The number of benzene rings is 1. The van der Waals surface area contributed by atoms with Crippen LogP contribution in [0, 0.1) is 18.6 Å². The predicted molar refractivity (Wildman–Crippen MR) is 73.4 cm³/mol. The topological polar surface area (TPSA) is 77.8 Å². The highest BCUT2D eigenvalue weighted by Gasteiger charge is 2.17. The Morgan fingerprint density at radius 1 is 1.24 bits per heavy atom. The van der Waals surface area contributed by atoms with Gasteiger partial charge in [-0.1, -0.05) is 5.16 Å². The summed E-state index contributed by atoms with van der Waals surface area (Å²) in [5.41, 5.74) is 6.62. The summed E-state index contributed by atoms with van der Waals surface area (Å²) < 4.78 is 31.3. The Kier molecular flexibility index (Phi) is 3.48. The van der Waals surface area contributed by atoms with Gasteiger partial charge in [0.1, 0.15) is 9.88 Å². The first kappa shape index (κ1) is 13.8. The van der Waals surface area contributed by atoms with Crippen LogP contribution in [0.15, 0.2) is 22.7 Å². The molecule has 0 unspecified atom stereocenters. The summed E-state index contributed by atoms with van der Waals surface area (Å²) in [4.78, 5) is 9.18. The number of hydrogen-bond donors (Lipinski definition) is 1. The lowest BCUT2D eigenvalue weighted by Gasteiger charge is -1.95. The highest BCUT2D eigenvalue weighted by Crippen LogP contribution is 2.30. The number of halogens is 2. The third-order valence-electron chi connectivity index (χ3n) is 2.81. The van der Waals surface area contributed by atoms with Gasteiger partial charge in [0.15, 0.2) is 11.6 Å². The predicted octanol–water partition coefficient (Wildman–Crippen LogP) is 2.91. The minimum Gasteiger partial charge on any atom is -0.333 e. The van der Waals surface area contributed by atoms with E-state index in [4.69, 9.17) is 10.3 Å². The summed E-state index contributed by atoms with van der Waals surface area (Å²) in [7, 11) is 0. The average Bonchev–Trinajstić information content (AvgIpc) is 3.08. The third-order valence-corrected chi connectivity index (χ3v) is 3.98. The van der Waals surface area contributed by atoms with Gasteiger partial charge < -0.3 is 10.3 Å². The van der Waals surface area contributed by atoms with Crippen LogP contribution in [0.1, 0.15) is 10.7 Å². The second-order valence-electron chi connectivity index (χ2n) is 4.28. The first-order valence-electron chi connectivity index (χ1n) is 6.04. The first-order chi connectivity index (χ1) is 10.1. The lowest BCUT2D eigenvalue weighted by Crippen LogP contribution is -1.94. The van der Waals surface area contributed by atoms with Gasteiger partial charge in [0.05, 0.1) is 5.69 Å². The highest BCUT2D eigenvalue weighted by atomic mass is 32.1. The van der Waals surface area contributed by atoms with E-state index >= 15 is 0 Å². The molecule has 0 atom stereocenters. The molecule has 2 N–H and O–H groups in total. The fourth-order valence-electron chi connectivity index (χ4n) is 1.81. The molecule has 0 aliphatic heterocycles. The van der Waals surface area contributed by atoms with Crippen molar-refractivity contribution in [3.63, 3.8) is 0 Å². The van der Waals surface area contributed by atoms with Crippen LogP contribution in [0.3, 0.4) is 0 Å². The molecule has 0 saturated carbocycles. The maximum absolute atomic E-state index is 13.2. The van der Waals surface area contributed by atoms with Crippen LogP contribution in [0.4, 0.5) is 8.78 Å². The van der Waals surface area contributed by atoms with Gasteiger partial charge in [0.25, 0.3) is 5.89 Å². The summed E-state index contributed by atoms with van der Waals surface area (Å²) in [6.45, 7) is 2.14. The molecule has 0 aliphatic rings. The number of thiazole rings is 1. The molecule has 0 spiro atoms. The molecule has 2 heterocycles. The zero-order valence-corrected chi connectivity index (χ0v) is 11.7. The number of rotatable bonds is 3. The summed E-state index contributed by atoms with van der Waals surface area (Å²) in [6, 6.07) is 3.43. The van der Waals surface area contributed by atoms with Gasteiger partial charge in [-0.3, -0.25) is 0 Å². The van der Waals surface area contributed by atoms with Crippen molar-refractivity contribution in [2.24, 2.45) is 5.73 Å². The fourth-order valence-corrected chi connectivity index (χ4v) is 2.67. The van der Waals surface area contributed by atoms with Crippen molar-refractivity contribution in [2.45, 2.75) is 13.5 Å². The molecule has 0 fully saturated rings. The fraction of sp³-hybridized carbons (Fsp3) is 0.154. The van der Waals surface area contributed by atoms with Crippen molar-refractivity contribution >= 4 is 11.3 Å². The van der Waals surface area contributed by atoms with Gasteiger partial charge >= 0.3 is 0 Å². The number of hydrogen-bond acceptors (Lipinski definition) is 6. The van der Waals surface area contributed by atoms with E-state index in [0.29, 0.717) is 12.1 Å². The average molecular weight is 308 g/mol. The molecule has 3 rings (SSSR count). The molecule has 21 heavy (non-hydrogen) atoms. The Bertz CT molecular complexity index is 799. The quantitative estimate of drug-likeness (QED) is 0.805. The van der Waals surface area contributed by atoms with Crippen LogP contribution in [-0.2, 0) is 6.54 Å². The number of nitrogens with zero attached hydrogens (tertiary/aromatic N) is 3. The van der Waals surface area contributed by atoms with Crippen LogP contribution in [0.5, 0.6) is 0 Å². The Hall–Kier alpha value is -2.19. The summed E-state index contributed by atoms with van der Waals surface area (Å²) >= 11 is 1.36. The molecular weight excluding hydrogens is 298 g/mol. The summed E-state index contributed by atoms with van der Waals surface area (Å²) in [6.07, 6.45) is 0. The molecule has 0 radical (unpaired) electrons. The molecule has 1 aromatic carbocycles. The van der Waals surface area contributed by atoms with Gasteiger partial charge in [-0.2, -0.15) is 4.98 Å². The molecular formula is C13H10F2N4OS. The maximum Gasteiger partial charge on any atom is 0.270 e. The summed E-state index contributed by atoms with van der Waals surface area (Å²) in [5.74, 6) is -1.41. The Balaban J connectivity index is 1.99. The van der Waals surface area contributed by atoms with Crippen LogP contribution < -0.4 is 5.73 Å². The largest absolute Gasteiger partial charge is 0.333 e. The SMILES string of the molecule is Cc1nc(CN)sc1-c1nc(-c2ccc(F)c(F)c2)no1. The van der Waals surface area contributed by atoms with Crippen molar-refractivity contribution in [1.82, 2.24) is 15.1 Å². The molecule has 2 aromatic heterocycles. The summed E-state index contributed by atoms with van der Waals surface area (Å²) in [5, 5.41) is 4.54. The molecule has 0 aliphatic carbocycles. The van der Waals surface area contributed by atoms with Crippen molar-refractivity contribution in [3.05, 3.63) is 40.5 Å². The molecule has 5 nitrogen and oxygen atoms in total. The molecule has 0 saturated heterocycles. The molecule has 108 valence electrons. The van der Waals surface area contributed by atoms with E-state index in [9.17, 15) is 8.78 Å². The van der Waals surface area contributed by atoms with E-state index in [-0.39, 0.29) is 11.7 Å². The van der Waals surface area contributed by atoms with Crippen molar-refractivity contribution < 1.29 is 13.3 Å².